The highest BCUT2D eigenvalue weighted by atomic mass is 79.9. The molecule has 1 aromatic rings. The maximum Gasteiger partial charge on any atom is 0.254 e. The number of amides is 2. The van der Waals surface area contributed by atoms with Crippen molar-refractivity contribution >= 4 is 49.8 Å². The molecular weight excluding hydrogens is 330 g/mol. The number of rotatable bonds is 1. The summed E-state index contributed by atoms with van der Waals surface area (Å²) in [6.45, 7) is 0. The molecule has 0 bridgehead atoms. The van der Waals surface area contributed by atoms with Gasteiger partial charge < -0.3 is 4.42 Å². The van der Waals surface area contributed by atoms with Gasteiger partial charge in [-0.2, -0.15) is 0 Å². The third-order valence-corrected chi connectivity index (χ3v) is 3.59. The van der Waals surface area contributed by atoms with Crippen LogP contribution in [0.15, 0.2) is 25.2 Å². The predicted octanol–water partition coefficient (Wildman–Crippen LogP) is 2.23. The van der Waals surface area contributed by atoms with Gasteiger partial charge in [0.2, 0.25) is 5.91 Å². The molecule has 0 aromatic carbocycles. The minimum atomic E-state index is -0.358. The van der Waals surface area contributed by atoms with E-state index in [0.29, 0.717) is 16.0 Å². The Bertz CT molecular complexity index is 456. The van der Waals surface area contributed by atoms with Gasteiger partial charge in [-0.25, -0.2) is 0 Å². The highest BCUT2D eigenvalue weighted by molar-refractivity contribution is 9.13. The lowest BCUT2D eigenvalue weighted by molar-refractivity contribution is -0.124. The molecule has 1 aromatic heterocycles. The quantitative estimate of drug-likeness (QED) is 0.633. The molecule has 1 saturated heterocycles. The molecule has 1 fully saturated rings. The van der Waals surface area contributed by atoms with E-state index in [0.717, 1.165) is 4.47 Å². The standard InChI is InChI=1S/C9H5Br2NO3/c10-6-3-5(15-8(6)11)1-4-2-7(13)12-9(4)14/h1,3H,2H2,(H,12,13,14). The zero-order valence-electron chi connectivity index (χ0n) is 7.34. The molecule has 2 heterocycles. The van der Waals surface area contributed by atoms with Gasteiger partial charge >= 0.3 is 0 Å². The zero-order valence-corrected chi connectivity index (χ0v) is 10.5. The first-order valence-corrected chi connectivity index (χ1v) is 5.64. The number of halogens is 2. The second-order valence-electron chi connectivity index (χ2n) is 2.99. The van der Waals surface area contributed by atoms with Gasteiger partial charge in [-0.1, -0.05) is 0 Å². The van der Waals surface area contributed by atoms with E-state index in [9.17, 15) is 9.59 Å². The number of nitrogens with one attached hydrogen (secondary N) is 1. The van der Waals surface area contributed by atoms with Crippen LogP contribution in [-0.4, -0.2) is 11.8 Å². The SMILES string of the molecule is O=C1CC(=Cc2cc(Br)c(Br)o2)C(=O)N1. The van der Waals surface area contributed by atoms with Gasteiger partial charge in [0, 0.05) is 5.57 Å². The van der Waals surface area contributed by atoms with Crippen molar-refractivity contribution in [3.8, 4) is 0 Å². The fraction of sp³-hybridized carbons (Fsp3) is 0.111. The maximum absolute atomic E-state index is 11.2. The van der Waals surface area contributed by atoms with E-state index in [4.69, 9.17) is 4.42 Å². The van der Waals surface area contributed by atoms with E-state index in [1.165, 1.54) is 0 Å². The molecule has 2 amide bonds. The number of carbonyl (C=O) groups is 2. The molecule has 2 rings (SSSR count). The van der Waals surface area contributed by atoms with Crippen molar-refractivity contribution in [1.82, 2.24) is 5.32 Å². The first kappa shape index (κ1) is 10.6. The Morgan fingerprint density at radius 1 is 1.40 bits per heavy atom. The molecule has 1 aliphatic heterocycles. The first-order chi connectivity index (χ1) is 7.06. The summed E-state index contributed by atoms with van der Waals surface area (Å²) in [5.74, 6) is -0.117. The van der Waals surface area contributed by atoms with Crippen LogP contribution >= 0.6 is 31.9 Å². The summed E-state index contributed by atoms with van der Waals surface area (Å²) in [4.78, 5) is 22.1. The van der Waals surface area contributed by atoms with Gasteiger partial charge in [-0.05, 0) is 44.0 Å². The third kappa shape index (κ3) is 2.21. The van der Waals surface area contributed by atoms with E-state index >= 15 is 0 Å². The molecule has 1 N–H and O–H groups in total. The summed E-state index contributed by atoms with van der Waals surface area (Å²) in [6.07, 6.45) is 1.66. The Kier molecular flexibility index (Phi) is 2.79. The molecule has 0 atom stereocenters. The highest BCUT2D eigenvalue weighted by Gasteiger charge is 2.24. The lowest BCUT2D eigenvalue weighted by atomic mass is 10.2. The highest BCUT2D eigenvalue weighted by Crippen LogP contribution is 2.28. The normalized spacial score (nSPS) is 18.7. The van der Waals surface area contributed by atoms with Crippen LogP contribution in [0.4, 0.5) is 0 Å². The van der Waals surface area contributed by atoms with Gasteiger partial charge in [-0.15, -0.1) is 0 Å². The van der Waals surface area contributed by atoms with Crippen molar-refractivity contribution in [2.45, 2.75) is 6.42 Å². The molecule has 0 spiro atoms. The molecule has 0 aliphatic carbocycles. The van der Waals surface area contributed by atoms with Crippen LogP contribution in [0.5, 0.6) is 0 Å². The summed E-state index contributed by atoms with van der Waals surface area (Å²) in [7, 11) is 0. The van der Waals surface area contributed by atoms with Crippen LogP contribution in [0.2, 0.25) is 0 Å². The fourth-order valence-electron chi connectivity index (χ4n) is 1.23. The Hall–Kier alpha value is -0.880. The van der Waals surface area contributed by atoms with Crippen molar-refractivity contribution in [3.05, 3.63) is 26.5 Å². The second kappa shape index (κ2) is 3.94. The van der Waals surface area contributed by atoms with Crippen molar-refractivity contribution in [2.75, 3.05) is 0 Å². The van der Waals surface area contributed by atoms with Crippen LogP contribution < -0.4 is 5.32 Å². The van der Waals surface area contributed by atoms with Gasteiger partial charge in [0.1, 0.15) is 5.76 Å². The largest absolute Gasteiger partial charge is 0.449 e. The van der Waals surface area contributed by atoms with Crippen LogP contribution in [-0.2, 0) is 9.59 Å². The Balaban J connectivity index is 2.30. The minimum Gasteiger partial charge on any atom is -0.449 e. The average molecular weight is 335 g/mol. The number of furan rings is 1. The van der Waals surface area contributed by atoms with E-state index < -0.39 is 0 Å². The van der Waals surface area contributed by atoms with Crippen molar-refractivity contribution in [1.29, 1.82) is 0 Å². The maximum atomic E-state index is 11.2. The Morgan fingerprint density at radius 2 is 2.13 bits per heavy atom. The first-order valence-electron chi connectivity index (χ1n) is 4.06. The summed E-state index contributed by atoms with van der Waals surface area (Å²) >= 11 is 6.44. The lowest BCUT2D eigenvalue weighted by Crippen LogP contribution is -2.19. The van der Waals surface area contributed by atoms with E-state index in [1.54, 1.807) is 12.1 Å². The van der Waals surface area contributed by atoms with Crippen LogP contribution in [0.1, 0.15) is 12.2 Å². The molecule has 0 unspecified atom stereocenters. The van der Waals surface area contributed by atoms with Crippen molar-refractivity contribution < 1.29 is 14.0 Å². The molecule has 0 saturated carbocycles. The Labute approximate surface area is 102 Å². The van der Waals surface area contributed by atoms with Crippen LogP contribution in [0.3, 0.4) is 0 Å². The van der Waals surface area contributed by atoms with Crippen LogP contribution in [0, 0.1) is 0 Å². The van der Waals surface area contributed by atoms with Gasteiger partial charge in [0.05, 0.1) is 10.9 Å². The van der Waals surface area contributed by atoms with Gasteiger partial charge in [-0.3, -0.25) is 14.9 Å². The number of hydrogen-bond donors (Lipinski definition) is 1. The molecule has 1 aliphatic rings. The van der Waals surface area contributed by atoms with E-state index in [-0.39, 0.29) is 18.2 Å². The van der Waals surface area contributed by atoms with E-state index in [1.807, 2.05) is 0 Å². The molecular formula is C9H5Br2NO3. The molecule has 78 valence electrons. The monoisotopic (exact) mass is 333 g/mol. The summed E-state index contributed by atoms with van der Waals surface area (Å²) < 4.78 is 6.58. The molecule has 15 heavy (non-hydrogen) atoms. The number of hydrogen-bond acceptors (Lipinski definition) is 3. The predicted molar refractivity (Wildman–Crippen MR) is 59.9 cm³/mol. The second-order valence-corrected chi connectivity index (χ2v) is 4.57. The number of carbonyl (C=O) groups excluding carboxylic acids is 2. The zero-order chi connectivity index (χ0) is 11.0. The molecule has 0 radical (unpaired) electrons. The minimum absolute atomic E-state index is 0.106. The van der Waals surface area contributed by atoms with Crippen molar-refractivity contribution in [3.63, 3.8) is 0 Å². The van der Waals surface area contributed by atoms with Crippen molar-refractivity contribution in [2.24, 2.45) is 0 Å². The average Bonchev–Trinajstić information content (AvgIpc) is 2.59. The van der Waals surface area contributed by atoms with Crippen LogP contribution in [0.25, 0.3) is 6.08 Å². The van der Waals surface area contributed by atoms with Gasteiger partial charge in [0.15, 0.2) is 4.67 Å². The third-order valence-electron chi connectivity index (χ3n) is 1.88. The smallest absolute Gasteiger partial charge is 0.254 e. The molecule has 4 nitrogen and oxygen atoms in total. The summed E-state index contributed by atoms with van der Waals surface area (Å²) in [5.41, 5.74) is 0.411. The summed E-state index contributed by atoms with van der Waals surface area (Å²) in [5, 5.41) is 2.20. The lowest BCUT2D eigenvalue weighted by Gasteiger charge is -1.89. The topological polar surface area (TPSA) is 59.3 Å². The summed E-state index contributed by atoms with van der Waals surface area (Å²) in [6, 6.07) is 1.72. The fourth-order valence-corrected chi connectivity index (χ4v) is 1.84. The Morgan fingerprint density at radius 3 is 2.60 bits per heavy atom. The van der Waals surface area contributed by atoms with Gasteiger partial charge in [0.25, 0.3) is 5.91 Å². The number of imide groups is 1. The van der Waals surface area contributed by atoms with E-state index in [2.05, 4.69) is 37.2 Å². The molecule has 6 heteroatoms.